The quantitative estimate of drug-likeness (QED) is 0.578. The molecule has 0 aromatic carbocycles. The van der Waals surface area contributed by atoms with Gasteiger partial charge in [-0.1, -0.05) is 6.92 Å². The summed E-state index contributed by atoms with van der Waals surface area (Å²) < 4.78 is 5.39. The molecule has 1 unspecified atom stereocenters. The molecule has 0 bridgehead atoms. The van der Waals surface area contributed by atoms with Gasteiger partial charge in [0.2, 0.25) is 0 Å². The van der Waals surface area contributed by atoms with E-state index in [1.807, 2.05) is 0 Å². The zero-order valence-corrected chi connectivity index (χ0v) is 6.02. The summed E-state index contributed by atoms with van der Waals surface area (Å²) in [4.78, 5) is 0. The summed E-state index contributed by atoms with van der Waals surface area (Å²) in [6.45, 7) is 2.93. The van der Waals surface area contributed by atoms with Crippen LogP contribution in [0.2, 0.25) is 0 Å². The molecule has 0 radical (unpaired) electrons. The Morgan fingerprint density at radius 3 is 2.67 bits per heavy atom. The highest BCUT2D eigenvalue weighted by Crippen LogP contribution is 2.21. The monoisotopic (exact) mass is 129 g/mol. The molecule has 2 nitrogen and oxygen atoms in total. The molecule has 1 fully saturated rings. The highest BCUT2D eigenvalue weighted by Gasteiger charge is 2.25. The molecule has 54 valence electrons. The Morgan fingerprint density at radius 1 is 1.56 bits per heavy atom. The third kappa shape index (κ3) is 1.66. The molecule has 2 heteroatoms. The van der Waals surface area contributed by atoms with Gasteiger partial charge in [0.05, 0.1) is 0 Å². The average Bonchev–Trinajstić information content (AvgIpc) is 1.90. The van der Waals surface area contributed by atoms with Crippen LogP contribution in [0.3, 0.4) is 0 Å². The molecule has 2 N–H and O–H groups in total. The Hall–Kier alpha value is -0.0800. The third-order valence-electron chi connectivity index (χ3n) is 1.98. The first-order valence-corrected chi connectivity index (χ1v) is 3.70. The molecule has 0 saturated carbocycles. The fourth-order valence-corrected chi connectivity index (χ4v) is 1.15. The second-order valence-electron chi connectivity index (χ2n) is 2.72. The summed E-state index contributed by atoms with van der Waals surface area (Å²) >= 11 is 0. The van der Waals surface area contributed by atoms with Crippen molar-refractivity contribution in [2.75, 3.05) is 6.61 Å². The molecule has 1 aliphatic heterocycles. The van der Waals surface area contributed by atoms with E-state index in [1.54, 1.807) is 0 Å². The maximum absolute atomic E-state index is 5.84. The standard InChI is InChI=1S/C7H15NO/c1-2-7(8)5-3-4-6-9-7/h2-6,8H2,1H3. The van der Waals surface area contributed by atoms with Gasteiger partial charge in [-0.25, -0.2) is 0 Å². The summed E-state index contributed by atoms with van der Waals surface area (Å²) in [6, 6.07) is 0. The molecule has 0 aromatic heterocycles. The normalized spacial score (nSPS) is 36.7. The first-order chi connectivity index (χ1) is 4.27. The van der Waals surface area contributed by atoms with E-state index in [2.05, 4.69) is 6.92 Å². The number of hydrogen-bond acceptors (Lipinski definition) is 2. The first-order valence-electron chi connectivity index (χ1n) is 3.70. The van der Waals surface area contributed by atoms with Gasteiger partial charge in [0.15, 0.2) is 0 Å². The number of hydrogen-bond donors (Lipinski definition) is 1. The number of rotatable bonds is 1. The zero-order chi connectivity index (χ0) is 6.74. The van der Waals surface area contributed by atoms with Crippen LogP contribution in [0.5, 0.6) is 0 Å². The van der Waals surface area contributed by atoms with Crippen molar-refractivity contribution in [2.24, 2.45) is 5.73 Å². The Balaban J connectivity index is 2.37. The minimum absolute atomic E-state index is 0.280. The highest BCUT2D eigenvalue weighted by molar-refractivity contribution is 4.74. The topological polar surface area (TPSA) is 35.2 Å². The van der Waals surface area contributed by atoms with Crippen LogP contribution in [0.4, 0.5) is 0 Å². The van der Waals surface area contributed by atoms with Crippen molar-refractivity contribution in [1.82, 2.24) is 0 Å². The van der Waals surface area contributed by atoms with E-state index in [0.29, 0.717) is 0 Å². The van der Waals surface area contributed by atoms with Crippen LogP contribution in [0.15, 0.2) is 0 Å². The summed E-state index contributed by atoms with van der Waals surface area (Å²) in [5.74, 6) is 0. The van der Waals surface area contributed by atoms with Crippen LogP contribution in [-0.4, -0.2) is 12.3 Å². The van der Waals surface area contributed by atoms with Crippen molar-refractivity contribution in [1.29, 1.82) is 0 Å². The summed E-state index contributed by atoms with van der Waals surface area (Å²) in [7, 11) is 0. The largest absolute Gasteiger partial charge is 0.361 e. The molecule has 1 aliphatic rings. The van der Waals surface area contributed by atoms with Crippen LogP contribution < -0.4 is 5.73 Å². The average molecular weight is 129 g/mol. The second-order valence-corrected chi connectivity index (χ2v) is 2.72. The van der Waals surface area contributed by atoms with Crippen molar-refractivity contribution >= 4 is 0 Å². The van der Waals surface area contributed by atoms with Gasteiger partial charge in [0.1, 0.15) is 5.72 Å². The summed E-state index contributed by atoms with van der Waals surface area (Å²) in [5, 5.41) is 0. The van der Waals surface area contributed by atoms with E-state index in [0.717, 1.165) is 19.4 Å². The van der Waals surface area contributed by atoms with E-state index >= 15 is 0 Å². The van der Waals surface area contributed by atoms with Gasteiger partial charge in [0, 0.05) is 6.61 Å². The molecule has 1 heterocycles. The smallest absolute Gasteiger partial charge is 0.116 e. The SMILES string of the molecule is CCC1(N)CCCCO1. The van der Waals surface area contributed by atoms with E-state index in [4.69, 9.17) is 10.5 Å². The fraction of sp³-hybridized carbons (Fsp3) is 1.00. The van der Waals surface area contributed by atoms with Crippen molar-refractivity contribution in [3.63, 3.8) is 0 Å². The van der Waals surface area contributed by atoms with Crippen molar-refractivity contribution < 1.29 is 4.74 Å². The molecule has 1 atom stereocenters. The van der Waals surface area contributed by atoms with Crippen molar-refractivity contribution in [3.05, 3.63) is 0 Å². The molecule has 1 saturated heterocycles. The Kier molecular flexibility index (Phi) is 2.09. The fourth-order valence-electron chi connectivity index (χ4n) is 1.15. The Bertz CT molecular complexity index is 86.9. The number of nitrogens with two attached hydrogens (primary N) is 1. The summed E-state index contributed by atoms with van der Waals surface area (Å²) in [5.41, 5.74) is 5.56. The Morgan fingerprint density at radius 2 is 2.33 bits per heavy atom. The van der Waals surface area contributed by atoms with Crippen molar-refractivity contribution in [2.45, 2.75) is 38.3 Å². The lowest BCUT2D eigenvalue weighted by Gasteiger charge is -2.32. The molecule has 9 heavy (non-hydrogen) atoms. The minimum atomic E-state index is -0.280. The van der Waals surface area contributed by atoms with E-state index in [9.17, 15) is 0 Å². The van der Waals surface area contributed by atoms with Gasteiger partial charge in [-0.3, -0.25) is 0 Å². The van der Waals surface area contributed by atoms with Crippen LogP contribution >= 0.6 is 0 Å². The first kappa shape index (κ1) is 7.03. The maximum atomic E-state index is 5.84. The van der Waals surface area contributed by atoms with Gasteiger partial charge < -0.3 is 10.5 Å². The molecule has 0 spiro atoms. The molecule has 0 aliphatic carbocycles. The lowest BCUT2D eigenvalue weighted by molar-refractivity contribution is -0.0761. The second kappa shape index (κ2) is 2.67. The van der Waals surface area contributed by atoms with Crippen LogP contribution in [0, 0.1) is 0 Å². The molecule has 1 rings (SSSR count). The van der Waals surface area contributed by atoms with Crippen LogP contribution in [-0.2, 0) is 4.74 Å². The molecular weight excluding hydrogens is 114 g/mol. The molecular formula is C7H15NO. The predicted octanol–water partition coefficient (Wildman–Crippen LogP) is 1.25. The third-order valence-corrected chi connectivity index (χ3v) is 1.98. The Labute approximate surface area is 56.4 Å². The lowest BCUT2D eigenvalue weighted by Crippen LogP contribution is -2.44. The summed E-state index contributed by atoms with van der Waals surface area (Å²) in [6.07, 6.45) is 4.37. The van der Waals surface area contributed by atoms with Crippen molar-refractivity contribution in [3.8, 4) is 0 Å². The molecule has 0 aromatic rings. The zero-order valence-electron chi connectivity index (χ0n) is 6.02. The number of ether oxygens (including phenoxy) is 1. The minimum Gasteiger partial charge on any atom is -0.361 e. The van der Waals surface area contributed by atoms with E-state index in [1.165, 1.54) is 12.8 Å². The van der Waals surface area contributed by atoms with Crippen LogP contribution in [0.1, 0.15) is 32.6 Å². The van der Waals surface area contributed by atoms with Gasteiger partial charge in [-0.15, -0.1) is 0 Å². The van der Waals surface area contributed by atoms with E-state index in [-0.39, 0.29) is 5.72 Å². The van der Waals surface area contributed by atoms with Crippen LogP contribution in [0.25, 0.3) is 0 Å². The van der Waals surface area contributed by atoms with Gasteiger partial charge in [-0.2, -0.15) is 0 Å². The van der Waals surface area contributed by atoms with Gasteiger partial charge in [-0.05, 0) is 25.7 Å². The maximum Gasteiger partial charge on any atom is 0.116 e. The van der Waals surface area contributed by atoms with Gasteiger partial charge >= 0.3 is 0 Å². The lowest BCUT2D eigenvalue weighted by atomic mass is 10.0. The predicted molar refractivity (Wildman–Crippen MR) is 37.0 cm³/mol. The van der Waals surface area contributed by atoms with Gasteiger partial charge in [0.25, 0.3) is 0 Å². The van der Waals surface area contributed by atoms with E-state index < -0.39 is 0 Å². The molecule has 0 amide bonds. The highest BCUT2D eigenvalue weighted by atomic mass is 16.5.